The first-order valence-electron chi connectivity index (χ1n) is 19.0. The van der Waals surface area contributed by atoms with E-state index in [1.807, 2.05) is 0 Å². The van der Waals surface area contributed by atoms with Crippen molar-refractivity contribution in [2.75, 3.05) is 37.9 Å². The molecule has 0 amide bonds. The van der Waals surface area contributed by atoms with E-state index in [1.54, 1.807) is 0 Å². The first-order chi connectivity index (χ1) is 24.4. The van der Waals surface area contributed by atoms with Crippen LogP contribution in [0.15, 0.2) is 60.7 Å². The monoisotopic (exact) mass is 678 g/mol. The van der Waals surface area contributed by atoms with Gasteiger partial charge in [-0.2, -0.15) is 0 Å². The fourth-order valence-electron chi connectivity index (χ4n) is 6.76. The van der Waals surface area contributed by atoms with Gasteiger partial charge in [0.1, 0.15) is 23.0 Å². The van der Waals surface area contributed by atoms with Crippen LogP contribution >= 0.6 is 0 Å². The highest BCUT2D eigenvalue weighted by Crippen LogP contribution is 2.40. The lowest BCUT2D eigenvalue weighted by molar-refractivity contribution is 0.297. The van der Waals surface area contributed by atoms with E-state index in [2.05, 4.69) is 88.4 Å². The quantitative estimate of drug-likeness (QED) is 0.0798. The summed E-state index contributed by atoms with van der Waals surface area (Å²) in [7, 11) is 0. The molecule has 5 rings (SSSR count). The molecule has 0 spiro atoms. The van der Waals surface area contributed by atoms with Crippen molar-refractivity contribution in [3.8, 4) is 23.0 Å². The number of hydrogen-bond donors (Lipinski definition) is 2. The number of benzene rings is 4. The van der Waals surface area contributed by atoms with Gasteiger partial charge in [-0.1, -0.05) is 89.8 Å². The van der Waals surface area contributed by atoms with Gasteiger partial charge >= 0.3 is 0 Å². The molecular weight excluding hydrogens is 620 g/mol. The van der Waals surface area contributed by atoms with Crippen molar-refractivity contribution in [3.05, 3.63) is 105 Å². The number of nitrogen functional groups attached to an aromatic ring is 2. The highest BCUT2D eigenvalue weighted by molar-refractivity contribution is 5.61. The van der Waals surface area contributed by atoms with E-state index in [9.17, 15) is 0 Å². The van der Waals surface area contributed by atoms with Gasteiger partial charge in [-0.05, 0) is 72.2 Å². The van der Waals surface area contributed by atoms with Crippen molar-refractivity contribution in [2.24, 2.45) is 0 Å². The zero-order valence-electron chi connectivity index (χ0n) is 30.9. The van der Waals surface area contributed by atoms with Gasteiger partial charge in [0.05, 0.1) is 26.4 Å². The van der Waals surface area contributed by atoms with Crippen LogP contribution < -0.4 is 30.4 Å². The Morgan fingerprint density at radius 1 is 0.400 bits per heavy atom. The summed E-state index contributed by atoms with van der Waals surface area (Å²) in [6.07, 6.45) is 10.7. The summed E-state index contributed by atoms with van der Waals surface area (Å²) in [5, 5.41) is 0. The molecule has 1 aliphatic carbocycles. The maximum atomic E-state index is 6.68. The summed E-state index contributed by atoms with van der Waals surface area (Å²) >= 11 is 0. The minimum atomic E-state index is 0.636. The minimum absolute atomic E-state index is 0.636. The number of rotatable bonds is 16. The second-order valence-electron chi connectivity index (χ2n) is 13.7. The SMILES string of the molecule is CCCCOc1c2cccc1Cc1cc(N)cc(c1OCCCC)Cc1cccc(c1OCCCC)Cc1cc(N)cc(c1OCCCC)C2. The van der Waals surface area contributed by atoms with Gasteiger partial charge < -0.3 is 30.4 Å². The number of para-hydroxylation sites is 2. The molecular formula is C44H58N2O4. The molecule has 0 unspecified atom stereocenters. The van der Waals surface area contributed by atoms with E-state index in [0.717, 1.165) is 130 Å². The van der Waals surface area contributed by atoms with Crippen molar-refractivity contribution in [2.45, 2.75) is 105 Å². The number of anilines is 2. The molecule has 4 aromatic carbocycles. The van der Waals surface area contributed by atoms with E-state index < -0.39 is 0 Å². The third-order valence-corrected chi connectivity index (χ3v) is 9.39. The summed E-state index contributed by atoms with van der Waals surface area (Å²) in [6.45, 7) is 11.4. The van der Waals surface area contributed by atoms with Crippen LogP contribution in [0.25, 0.3) is 0 Å². The standard InChI is InChI=1S/C44H58N2O4/c1-5-9-19-47-41-31-15-13-16-32(41)24-36-28-40(46)30-38(44(36)50-22-12-8-4)26-34-18-14-17-33(42(34)48-20-10-6-2)25-37-29-39(45)27-35(23-31)43(37)49-21-11-7-3/h13-18,27-30H,5-12,19-26,45-46H2,1-4H3. The normalized spacial score (nSPS) is 12.4. The minimum Gasteiger partial charge on any atom is -0.493 e. The highest BCUT2D eigenvalue weighted by atomic mass is 16.5. The summed E-state index contributed by atoms with van der Waals surface area (Å²) in [5.74, 6) is 3.69. The van der Waals surface area contributed by atoms with Crippen molar-refractivity contribution in [1.29, 1.82) is 0 Å². The zero-order valence-corrected chi connectivity index (χ0v) is 30.9. The van der Waals surface area contributed by atoms with Crippen LogP contribution in [0.1, 0.15) is 124 Å². The molecule has 0 saturated carbocycles. The number of ether oxygens (including phenoxy) is 4. The Morgan fingerprint density at radius 2 is 0.640 bits per heavy atom. The van der Waals surface area contributed by atoms with Crippen molar-refractivity contribution < 1.29 is 18.9 Å². The van der Waals surface area contributed by atoms with Crippen molar-refractivity contribution in [1.82, 2.24) is 0 Å². The second-order valence-corrected chi connectivity index (χ2v) is 13.7. The Labute approximate surface area is 300 Å². The largest absolute Gasteiger partial charge is 0.493 e. The molecule has 0 fully saturated rings. The van der Waals surface area contributed by atoms with Crippen LogP contribution in [0, 0.1) is 0 Å². The molecule has 50 heavy (non-hydrogen) atoms. The van der Waals surface area contributed by atoms with Crippen LogP contribution in [0.5, 0.6) is 23.0 Å². The van der Waals surface area contributed by atoms with Gasteiger partial charge in [-0.15, -0.1) is 0 Å². The molecule has 8 bridgehead atoms. The fraction of sp³-hybridized carbons (Fsp3) is 0.455. The molecule has 6 heteroatoms. The van der Waals surface area contributed by atoms with Gasteiger partial charge in [0.25, 0.3) is 0 Å². The molecule has 268 valence electrons. The Kier molecular flexibility index (Phi) is 13.8. The lowest BCUT2D eigenvalue weighted by Gasteiger charge is -2.23. The Morgan fingerprint density at radius 3 is 0.880 bits per heavy atom. The summed E-state index contributed by atoms with van der Waals surface area (Å²) in [5.41, 5.74) is 23.6. The third kappa shape index (κ3) is 9.47. The molecule has 0 atom stereocenters. The first-order valence-corrected chi connectivity index (χ1v) is 19.0. The summed E-state index contributed by atoms with van der Waals surface area (Å²) in [6, 6.07) is 21.3. The lowest BCUT2D eigenvalue weighted by Crippen LogP contribution is -2.11. The highest BCUT2D eigenvalue weighted by Gasteiger charge is 2.22. The lowest BCUT2D eigenvalue weighted by atomic mass is 9.90. The third-order valence-electron chi connectivity index (χ3n) is 9.39. The van der Waals surface area contributed by atoms with E-state index in [-0.39, 0.29) is 0 Å². The molecule has 6 nitrogen and oxygen atoms in total. The van der Waals surface area contributed by atoms with Crippen molar-refractivity contribution >= 4 is 11.4 Å². The smallest absolute Gasteiger partial charge is 0.126 e. The second kappa shape index (κ2) is 18.6. The maximum absolute atomic E-state index is 6.68. The number of hydrogen-bond acceptors (Lipinski definition) is 6. The van der Waals surface area contributed by atoms with Crippen LogP contribution in [0.4, 0.5) is 11.4 Å². The van der Waals surface area contributed by atoms with E-state index in [1.165, 1.54) is 0 Å². The number of nitrogens with two attached hydrogens (primary N) is 2. The molecule has 0 radical (unpaired) electrons. The van der Waals surface area contributed by atoms with Crippen LogP contribution in [-0.4, -0.2) is 26.4 Å². The molecule has 0 heterocycles. The van der Waals surface area contributed by atoms with Crippen LogP contribution in [0.3, 0.4) is 0 Å². The molecule has 4 N–H and O–H groups in total. The predicted molar refractivity (Wildman–Crippen MR) is 207 cm³/mol. The summed E-state index contributed by atoms with van der Waals surface area (Å²) in [4.78, 5) is 0. The molecule has 0 aliphatic heterocycles. The van der Waals surface area contributed by atoms with Gasteiger partial charge in [0.2, 0.25) is 0 Å². The van der Waals surface area contributed by atoms with E-state index in [4.69, 9.17) is 30.4 Å². The Bertz CT molecular complexity index is 1480. The van der Waals surface area contributed by atoms with Gasteiger partial charge in [-0.3, -0.25) is 0 Å². The Hall–Kier alpha value is -4.32. The summed E-state index contributed by atoms with van der Waals surface area (Å²) < 4.78 is 26.7. The van der Waals surface area contributed by atoms with E-state index in [0.29, 0.717) is 52.1 Å². The molecule has 4 aromatic rings. The van der Waals surface area contributed by atoms with Crippen molar-refractivity contribution in [3.63, 3.8) is 0 Å². The van der Waals surface area contributed by atoms with E-state index >= 15 is 0 Å². The van der Waals surface area contributed by atoms with Gasteiger partial charge in [0.15, 0.2) is 0 Å². The molecule has 0 aromatic heterocycles. The van der Waals surface area contributed by atoms with Crippen LogP contribution in [-0.2, 0) is 25.7 Å². The predicted octanol–water partition coefficient (Wildman–Crippen LogP) is 10.2. The maximum Gasteiger partial charge on any atom is 0.126 e. The topological polar surface area (TPSA) is 89.0 Å². The van der Waals surface area contributed by atoms with Crippen LogP contribution in [0.2, 0.25) is 0 Å². The fourth-order valence-corrected chi connectivity index (χ4v) is 6.76. The van der Waals surface area contributed by atoms with Gasteiger partial charge in [-0.25, -0.2) is 0 Å². The average Bonchev–Trinajstić information content (AvgIpc) is 3.09. The first kappa shape index (κ1) is 36.9. The Balaban J connectivity index is 1.76. The van der Waals surface area contributed by atoms with Gasteiger partial charge in [0, 0.05) is 59.3 Å². The zero-order chi connectivity index (χ0) is 35.3. The molecule has 1 aliphatic rings. The number of unbranched alkanes of at least 4 members (excludes halogenated alkanes) is 4. The average molecular weight is 679 g/mol. The number of fused-ring (bicyclic) bond motifs is 8. The molecule has 0 saturated heterocycles.